The molecule has 1 aliphatic heterocycles. The summed E-state index contributed by atoms with van der Waals surface area (Å²) in [5.41, 5.74) is 2.38. The molecule has 19 heavy (non-hydrogen) atoms. The number of hydrogen-bond acceptors (Lipinski definition) is 2. The van der Waals surface area contributed by atoms with E-state index in [-0.39, 0.29) is 18.1 Å². The van der Waals surface area contributed by atoms with E-state index in [9.17, 15) is 9.59 Å². The minimum absolute atomic E-state index is 0.112. The molecular formula is C15H10ClNO2. The molecule has 0 atom stereocenters. The predicted octanol–water partition coefficient (Wildman–Crippen LogP) is 3.07. The van der Waals surface area contributed by atoms with Gasteiger partial charge in [0.05, 0.1) is 12.1 Å². The lowest BCUT2D eigenvalue weighted by atomic mass is 9.99. The summed E-state index contributed by atoms with van der Waals surface area (Å²) in [4.78, 5) is 23.9. The number of ketones is 1. The Balaban J connectivity index is 2.12. The zero-order chi connectivity index (χ0) is 13.4. The lowest BCUT2D eigenvalue weighted by molar-refractivity contribution is -0.115. The first kappa shape index (κ1) is 11.9. The van der Waals surface area contributed by atoms with Gasteiger partial charge in [0.1, 0.15) is 0 Å². The van der Waals surface area contributed by atoms with Crippen LogP contribution in [0.2, 0.25) is 5.02 Å². The Labute approximate surface area is 115 Å². The number of nitrogens with one attached hydrogen (secondary N) is 1. The van der Waals surface area contributed by atoms with E-state index >= 15 is 0 Å². The maximum absolute atomic E-state index is 12.5. The van der Waals surface area contributed by atoms with Gasteiger partial charge in [-0.15, -0.1) is 0 Å². The summed E-state index contributed by atoms with van der Waals surface area (Å²) in [6, 6.07) is 12.3. The fourth-order valence-electron chi connectivity index (χ4n) is 2.23. The summed E-state index contributed by atoms with van der Waals surface area (Å²) < 4.78 is 0. The summed E-state index contributed by atoms with van der Waals surface area (Å²) in [6.45, 7) is 0. The highest BCUT2D eigenvalue weighted by molar-refractivity contribution is 6.32. The van der Waals surface area contributed by atoms with E-state index < -0.39 is 0 Å². The number of carbonyl (C=O) groups is 2. The van der Waals surface area contributed by atoms with Gasteiger partial charge < -0.3 is 5.32 Å². The Bertz CT molecular complexity index is 680. The van der Waals surface area contributed by atoms with Crippen molar-refractivity contribution in [2.45, 2.75) is 6.42 Å². The second-order valence-electron chi connectivity index (χ2n) is 4.41. The van der Waals surface area contributed by atoms with E-state index in [1.54, 1.807) is 36.4 Å². The molecule has 0 unspecified atom stereocenters. The number of carbonyl (C=O) groups excluding carboxylic acids is 2. The van der Waals surface area contributed by atoms with Gasteiger partial charge in [-0.1, -0.05) is 41.9 Å². The van der Waals surface area contributed by atoms with E-state index in [0.29, 0.717) is 21.8 Å². The smallest absolute Gasteiger partial charge is 0.228 e. The van der Waals surface area contributed by atoms with Gasteiger partial charge in [0.15, 0.2) is 5.78 Å². The molecule has 1 aliphatic rings. The van der Waals surface area contributed by atoms with Crippen molar-refractivity contribution >= 4 is 29.0 Å². The zero-order valence-electron chi connectivity index (χ0n) is 9.94. The zero-order valence-corrected chi connectivity index (χ0v) is 10.7. The van der Waals surface area contributed by atoms with Crippen LogP contribution >= 0.6 is 11.6 Å². The summed E-state index contributed by atoms with van der Waals surface area (Å²) in [5.74, 6) is -0.249. The van der Waals surface area contributed by atoms with Crippen LogP contribution < -0.4 is 5.32 Å². The van der Waals surface area contributed by atoms with Crippen LogP contribution in [0.4, 0.5) is 5.69 Å². The molecule has 3 rings (SSSR count). The third kappa shape index (κ3) is 2.13. The summed E-state index contributed by atoms with van der Waals surface area (Å²) in [6.07, 6.45) is 0.269. The Morgan fingerprint density at radius 2 is 1.89 bits per heavy atom. The first-order chi connectivity index (χ1) is 9.15. The SMILES string of the molecule is O=C1Cc2cc(Cl)cc(C(=O)c3ccccc3)c2N1. The molecule has 0 spiro atoms. The van der Waals surface area contributed by atoms with Crippen LogP contribution in [0.1, 0.15) is 21.5 Å². The molecule has 0 aliphatic carbocycles. The van der Waals surface area contributed by atoms with Gasteiger partial charge in [-0.25, -0.2) is 0 Å². The summed E-state index contributed by atoms with van der Waals surface area (Å²) in [5, 5.41) is 3.19. The largest absolute Gasteiger partial charge is 0.325 e. The summed E-state index contributed by atoms with van der Waals surface area (Å²) in [7, 11) is 0. The van der Waals surface area contributed by atoms with E-state index in [0.717, 1.165) is 5.56 Å². The van der Waals surface area contributed by atoms with Crippen molar-refractivity contribution in [1.82, 2.24) is 0 Å². The van der Waals surface area contributed by atoms with Gasteiger partial charge in [-0.05, 0) is 17.7 Å². The van der Waals surface area contributed by atoms with Crippen molar-refractivity contribution in [3.05, 3.63) is 64.2 Å². The highest BCUT2D eigenvalue weighted by Crippen LogP contribution is 2.32. The monoisotopic (exact) mass is 271 g/mol. The number of anilines is 1. The van der Waals surface area contributed by atoms with Crippen molar-refractivity contribution in [2.24, 2.45) is 0 Å². The highest BCUT2D eigenvalue weighted by atomic mass is 35.5. The maximum atomic E-state index is 12.5. The Morgan fingerprint density at radius 1 is 1.16 bits per heavy atom. The molecule has 3 nitrogen and oxygen atoms in total. The second kappa shape index (κ2) is 4.52. The third-order valence-corrected chi connectivity index (χ3v) is 3.30. The molecule has 1 N–H and O–H groups in total. The van der Waals surface area contributed by atoms with E-state index in [4.69, 9.17) is 11.6 Å². The van der Waals surface area contributed by atoms with Gasteiger partial charge in [-0.2, -0.15) is 0 Å². The first-order valence-electron chi connectivity index (χ1n) is 5.87. The number of benzene rings is 2. The molecule has 2 aromatic carbocycles. The lowest BCUT2D eigenvalue weighted by Crippen LogP contribution is -2.08. The van der Waals surface area contributed by atoms with Gasteiger partial charge >= 0.3 is 0 Å². The van der Waals surface area contributed by atoms with Crippen LogP contribution in [0.25, 0.3) is 0 Å². The van der Waals surface area contributed by atoms with E-state index in [1.807, 2.05) is 6.07 Å². The number of halogens is 1. The van der Waals surface area contributed by atoms with Crippen LogP contribution in [0.15, 0.2) is 42.5 Å². The van der Waals surface area contributed by atoms with Gasteiger partial charge in [0, 0.05) is 16.1 Å². The molecule has 1 heterocycles. The molecule has 94 valence electrons. The number of hydrogen-bond donors (Lipinski definition) is 1. The van der Waals surface area contributed by atoms with Crippen molar-refractivity contribution in [1.29, 1.82) is 0 Å². The van der Waals surface area contributed by atoms with Crippen LogP contribution in [-0.4, -0.2) is 11.7 Å². The topological polar surface area (TPSA) is 46.2 Å². The van der Waals surface area contributed by atoms with E-state index in [1.165, 1.54) is 0 Å². The second-order valence-corrected chi connectivity index (χ2v) is 4.84. The quantitative estimate of drug-likeness (QED) is 0.853. The average molecular weight is 272 g/mol. The Morgan fingerprint density at radius 3 is 2.63 bits per heavy atom. The van der Waals surface area contributed by atoms with Crippen molar-refractivity contribution < 1.29 is 9.59 Å². The average Bonchev–Trinajstić information content (AvgIpc) is 2.78. The molecular weight excluding hydrogens is 262 g/mol. The van der Waals surface area contributed by atoms with Crippen LogP contribution in [0.5, 0.6) is 0 Å². The minimum atomic E-state index is -0.137. The maximum Gasteiger partial charge on any atom is 0.228 e. The van der Waals surface area contributed by atoms with Crippen LogP contribution in [0.3, 0.4) is 0 Å². The van der Waals surface area contributed by atoms with Crippen LogP contribution in [-0.2, 0) is 11.2 Å². The molecule has 0 saturated carbocycles. The van der Waals surface area contributed by atoms with Crippen LogP contribution in [0, 0.1) is 0 Å². The van der Waals surface area contributed by atoms with Crippen molar-refractivity contribution in [3.63, 3.8) is 0 Å². The van der Waals surface area contributed by atoms with Gasteiger partial charge in [0.2, 0.25) is 5.91 Å². The number of rotatable bonds is 2. The Hall–Kier alpha value is -2.13. The molecule has 0 fully saturated rings. The number of fused-ring (bicyclic) bond motifs is 1. The molecule has 0 bridgehead atoms. The lowest BCUT2D eigenvalue weighted by Gasteiger charge is -2.08. The first-order valence-corrected chi connectivity index (χ1v) is 6.25. The molecule has 1 amide bonds. The molecule has 0 saturated heterocycles. The van der Waals surface area contributed by atoms with E-state index in [2.05, 4.69) is 5.32 Å². The molecule has 0 aromatic heterocycles. The molecule has 2 aromatic rings. The Kier molecular flexibility index (Phi) is 2.84. The number of amides is 1. The van der Waals surface area contributed by atoms with Crippen molar-refractivity contribution in [3.8, 4) is 0 Å². The molecule has 4 heteroatoms. The fraction of sp³-hybridized carbons (Fsp3) is 0.0667. The standard InChI is InChI=1S/C15H10ClNO2/c16-11-6-10-7-13(18)17-14(10)12(8-11)15(19)9-4-2-1-3-5-9/h1-6,8H,7H2,(H,17,18). The van der Waals surface area contributed by atoms with Gasteiger partial charge in [-0.3, -0.25) is 9.59 Å². The minimum Gasteiger partial charge on any atom is -0.325 e. The summed E-state index contributed by atoms with van der Waals surface area (Å²) >= 11 is 6.02. The third-order valence-electron chi connectivity index (χ3n) is 3.08. The predicted molar refractivity (Wildman–Crippen MR) is 73.7 cm³/mol. The fourth-order valence-corrected chi connectivity index (χ4v) is 2.47. The molecule has 0 radical (unpaired) electrons. The van der Waals surface area contributed by atoms with Gasteiger partial charge in [0.25, 0.3) is 0 Å². The van der Waals surface area contributed by atoms with Crippen molar-refractivity contribution in [2.75, 3.05) is 5.32 Å². The highest BCUT2D eigenvalue weighted by Gasteiger charge is 2.25. The normalized spacial score (nSPS) is 13.0.